The third-order valence-electron chi connectivity index (χ3n) is 3.22. The first-order valence-electron chi connectivity index (χ1n) is 6.67. The number of nitrogens with zero attached hydrogens (tertiary/aromatic N) is 1. The van der Waals surface area contributed by atoms with E-state index < -0.39 is 0 Å². The smallest absolute Gasteiger partial charge is 0.145 e. The van der Waals surface area contributed by atoms with Gasteiger partial charge in [-0.15, -0.1) is 0 Å². The van der Waals surface area contributed by atoms with Crippen LogP contribution in [0.4, 0.5) is 0 Å². The van der Waals surface area contributed by atoms with Crippen molar-refractivity contribution in [1.82, 2.24) is 4.98 Å². The molecule has 4 heteroatoms. The summed E-state index contributed by atoms with van der Waals surface area (Å²) >= 11 is 3.55. The molecule has 1 atom stereocenters. The van der Waals surface area contributed by atoms with Gasteiger partial charge < -0.3 is 10.5 Å². The molecule has 106 valence electrons. The highest BCUT2D eigenvalue weighted by Gasteiger charge is 2.07. The Morgan fingerprint density at radius 2 is 1.85 bits per heavy atom. The van der Waals surface area contributed by atoms with E-state index in [0.29, 0.717) is 0 Å². The van der Waals surface area contributed by atoms with Crippen LogP contribution < -0.4 is 10.5 Å². The summed E-state index contributed by atoms with van der Waals surface area (Å²) < 4.78 is 6.96. The minimum absolute atomic E-state index is 0.0128. The van der Waals surface area contributed by atoms with Crippen LogP contribution in [0.3, 0.4) is 0 Å². The second-order valence-corrected chi connectivity index (χ2v) is 5.70. The van der Waals surface area contributed by atoms with Gasteiger partial charge in [0.1, 0.15) is 11.5 Å². The molecule has 0 saturated carbocycles. The van der Waals surface area contributed by atoms with Crippen molar-refractivity contribution in [3.8, 4) is 11.5 Å². The van der Waals surface area contributed by atoms with Crippen LogP contribution in [-0.4, -0.2) is 4.98 Å². The Bertz CT molecular complexity index is 573. The summed E-state index contributed by atoms with van der Waals surface area (Å²) in [5, 5.41) is 0. The summed E-state index contributed by atoms with van der Waals surface area (Å²) in [5.74, 6) is 1.54. The molecule has 0 bridgehead atoms. The Balaban J connectivity index is 2.18. The van der Waals surface area contributed by atoms with Crippen LogP contribution in [-0.2, 0) is 0 Å². The maximum Gasteiger partial charge on any atom is 0.145 e. The average molecular weight is 335 g/mol. The summed E-state index contributed by atoms with van der Waals surface area (Å²) in [7, 11) is 0. The first-order chi connectivity index (χ1) is 9.51. The molecule has 0 fully saturated rings. The summed E-state index contributed by atoms with van der Waals surface area (Å²) in [6.45, 7) is 6.14. The Morgan fingerprint density at radius 1 is 1.20 bits per heavy atom. The van der Waals surface area contributed by atoms with E-state index in [2.05, 4.69) is 20.9 Å². The normalized spacial score (nSPS) is 12.2. The van der Waals surface area contributed by atoms with Crippen molar-refractivity contribution in [3.63, 3.8) is 0 Å². The van der Waals surface area contributed by atoms with Gasteiger partial charge in [-0.1, -0.05) is 22.9 Å². The molecule has 1 aromatic heterocycles. The highest BCUT2D eigenvalue weighted by molar-refractivity contribution is 9.10. The standard InChI is InChI=1S/C16H19BrN2O/c1-4-14(18)15-6-5-12(9-19-15)20-13-7-10(2)16(17)11(3)8-13/h5-9,14H,4,18H2,1-3H3/t14-/m1/s1. The number of aromatic nitrogens is 1. The van der Waals surface area contributed by atoms with Crippen LogP contribution in [0.15, 0.2) is 34.9 Å². The molecule has 3 nitrogen and oxygen atoms in total. The SMILES string of the molecule is CC[C@@H](N)c1ccc(Oc2cc(C)c(Br)c(C)c2)cn1. The van der Waals surface area contributed by atoms with Crippen LogP contribution >= 0.6 is 15.9 Å². The quantitative estimate of drug-likeness (QED) is 0.884. The number of pyridine rings is 1. The molecular formula is C16H19BrN2O. The summed E-state index contributed by atoms with van der Waals surface area (Å²) in [4.78, 5) is 4.35. The number of nitrogens with two attached hydrogens (primary N) is 1. The van der Waals surface area contributed by atoms with Gasteiger partial charge in [0.05, 0.1) is 11.9 Å². The van der Waals surface area contributed by atoms with Crippen LogP contribution in [0.2, 0.25) is 0 Å². The van der Waals surface area contributed by atoms with E-state index in [1.807, 2.05) is 45.0 Å². The lowest BCUT2D eigenvalue weighted by atomic mass is 10.1. The number of rotatable bonds is 4. The van der Waals surface area contributed by atoms with Gasteiger partial charge in [0.25, 0.3) is 0 Å². The van der Waals surface area contributed by atoms with Gasteiger partial charge in [-0.05, 0) is 55.7 Å². The van der Waals surface area contributed by atoms with Crippen molar-refractivity contribution in [2.45, 2.75) is 33.2 Å². The first kappa shape index (κ1) is 15.0. The number of aryl methyl sites for hydroxylation is 2. The third kappa shape index (κ3) is 3.38. The van der Waals surface area contributed by atoms with Crippen molar-refractivity contribution in [2.24, 2.45) is 5.73 Å². The second kappa shape index (κ2) is 6.37. The lowest BCUT2D eigenvalue weighted by Crippen LogP contribution is -2.10. The van der Waals surface area contributed by atoms with E-state index in [1.165, 1.54) is 0 Å². The Labute approximate surface area is 128 Å². The molecule has 20 heavy (non-hydrogen) atoms. The van der Waals surface area contributed by atoms with Crippen molar-refractivity contribution in [1.29, 1.82) is 0 Å². The highest BCUT2D eigenvalue weighted by atomic mass is 79.9. The van der Waals surface area contributed by atoms with Crippen molar-refractivity contribution >= 4 is 15.9 Å². The van der Waals surface area contributed by atoms with E-state index in [-0.39, 0.29) is 6.04 Å². The number of ether oxygens (including phenoxy) is 1. The lowest BCUT2D eigenvalue weighted by Gasteiger charge is -2.11. The van der Waals surface area contributed by atoms with Gasteiger partial charge in [-0.3, -0.25) is 4.98 Å². The summed E-state index contributed by atoms with van der Waals surface area (Å²) in [5.41, 5.74) is 9.14. The van der Waals surface area contributed by atoms with Gasteiger partial charge in [0, 0.05) is 10.5 Å². The minimum atomic E-state index is -0.0128. The zero-order chi connectivity index (χ0) is 14.7. The van der Waals surface area contributed by atoms with Crippen molar-refractivity contribution in [3.05, 3.63) is 51.8 Å². The highest BCUT2D eigenvalue weighted by Crippen LogP contribution is 2.29. The van der Waals surface area contributed by atoms with Crippen LogP contribution in [0.5, 0.6) is 11.5 Å². The van der Waals surface area contributed by atoms with Crippen molar-refractivity contribution in [2.75, 3.05) is 0 Å². The van der Waals surface area contributed by atoms with Crippen molar-refractivity contribution < 1.29 is 4.74 Å². The molecule has 2 N–H and O–H groups in total. The first-order valence-corrected chi connectivity index (χ1v) is 7.46. The molecule has 2 rings (SSSR count). The zero-order valence-electron chi connectivity index (χ0n) is 12.0. The van der Waals surface area contributed by atoms with Crippen LogP contribution in [0.1, 0.15) is 36.2 Å². The lowest BCUT2D eigenvalue weighted by molar-refractivity contribution is 0.478. The second-order valence-electron chi connectivity index (χ2n) is 4.91. The summed E-state index contributed by atoms with van der Waals surface area (Å²) in [6.07, 6.45) is 2.59. The zero-order valence-corrected chi connectivity index (χ0v) is 13.6. The molecule has 1 aromatic carbocycles. The van der Waals surface area contributed by atoms with Gasteiger partial charge in [0.15, 0.2) is 0 Å². The third-order valence-corrected chi connectivity index (χ3v) is 4.48. The number of halogens is 1. The fourth-order valence-electron chi connectivity index (χ4n) is 1.98. The number of hydrogen-bond acceptors (Lipinski definition) is 3. The molecule has 0 unspecified atom stereocenters. The van der Waals surface area contributed by atoms with Crippen LogP contribution in [0.25, 0.3) is 0 Å². The average Bonchev–Trinajstić information content (AvgIpc) is 2.44. The van der Waals surface area contributed by atoms with E-state index in [9.17, 15) is 0 Å². The van der Waals surface area contributed by atoms with E-state index in [0.717, 1.165) is 39.2 Å². The molecule has 0 amide bonds. The fourth-order valence-corrected chi connectivity index (χ4v) is 2.21. The summed E-state index contributed by atoms with van der Waals surface area (Å²) in [6, 6.07) is 7.82. The largest absolute Gasteiger partial charge is 0.456 e. The van der Waals surface area contributed by atoms with Gasteiger partial charge in [-0.25, -0.2) is 0 Å². The minimum Gasteiger partial charge on any atom is -0.456 e. The molecule has 1 heterocycles. The number of benzene rings is 1. The molecule has 0 spiro atoms. The Morgan fingerprint density at radius 3 is 2.35 bits per heavy atom. The predicted octanol–water partition coefficient (Wildman–Crippen LogP) is 4.66. The molecule has 0 aliphatic rings. The fraction of sp³-hybridized carbons (Fsp3) is 0.312. The Hall–Kier alpha value is -1.39. The van der Waals surface area contributed by atoms with Gasteiger partial charge in [-0.2, -0.15) is 0 Å². The predicted molar refractivity (Wildman–Crippen MR) is 85.1 cm³/mol. The maximum absolute atomic E-state index is 5.94. The topological polar surface area (TPSA) is 48.1 Å². The van der Waals surface area contributed by atoms with Gasteiger partial charge >= 0.3 is 0 Å². The molecule has 0 saturated heterocycles. The monoisotopic (exact) mass is 334 g/mol. The van der Waals surface area contributed by atoms with E-state index in [4.69, 9.17) is 10.5 Å². The van der Waals surface area contributed by atoms with Gasteiger partial charge in [0.2, 0.25) is 0 Å². The number of hydrogen-bond donors (Lipinski definition) is 1. The molecule has 0 aliphatic carbocycles. The van der Waals surface area contributed by atoms with E-state index >= 15 is 0 Å². The molecule has 2 aromatic rings. The maximum atomic E-state index is 5.94. The molecule has 0 radical (unpaired) electrons. The molecular weight excluding hydrogens is 316 g/mol. The van der Waals surface area contributed by atoms with E-state index in [1.54, 1.807) is 6.20 Å². The van der Waals surface area contributed by atoms with Crippen LogP contribution in [0, 0.1) is 13.8 Å². The Kier molecular flexibility index (Phi) is 4.78. The molecule has 0 aliphatic heterocycles.